The van der Waals surface area contributed by atoms with Gasteiger partial charge in [0.1, 0.15) is 101 Å². The van der Waals surface area contributed by atoms with E-state index in [2.05, 4.69) is 74.0 Å². The molecule has 7 rings (SSSR count). The molecule has 0 saturated carbocycles. The molecule has 10 unspecified atom stereocenters. The zero-order valence-corrected chi connectivity index (χ0v) is 56.1. The lowest BCUT2D eigenvalue weighted by Crippen LogP contribution is -2.65. The molecule has 7 amide bonds. The zero-order chi connectivity index (χ0) is 72.5. The molecule has 2 aliphatic heterocycles. The van der Waals surface area contributed by atoms with Crippen LogP contribution in [0, 0.1) is 12.8 Å². The second-order valence-corrected chi connectivity index (χ2v) is 25.6. The van der Waals surface area contributed by atoms with Gasteiger partial charge in [-0.1, -0.05) is 37.3 Å². The summed E-state index contributed by atoms with van der Waals surface area (Å²) in [6.45, 7) is 5.98. The summed E-state index contributed by atoms with van der Waals surface area (Å²) in [6.07, 6.45) is -22.3. The number of rotatable bonds is 36. The third-order valence-corrected chi connectivity index (χ3v) is 18.2. The first kappa shape index (κ1) is 78.6. The van der Waals surface area contributed by atoms with E-state index in [-0.39, 0.29) is 60.1 Å². The predicted octanol–water partition coefficient (Wildman–Crippen LogP) is -6.33. The Morgan fingerprint density at radius 2 is 1.42 bits per heavy atom. The summed E-state index contributed by atoms with van der Waals surface area (Å²) in [5.74, 6) is -8.60. The van der Waals surface area contributed by atoms with Crippen LogP contribution >= 0.6 is 22.7 Å². The van der Waals surface area contributed by atoms with Crippen LogP contribution in [0.25, 0.3) is 10.7 Å². The minimum absolute atomic E-state index is 0.00705. The van der Waals surface area contributed by atoms with E-state index in [9.17, 15) is 74.7 Å². The summed E-state index contributed by atoms with van der Waals surface area (Å²) in [7, 11) is 0. The van der Waals surface area contributed by atoms with E-state index in [1.807, 2.05) is 30.3 Å². The highest BCUT2D eigenvalue weighted by molar-refractivity contribution is 7.14. The molecule has 6 heterocycles. The maximum Gasteiger partial charge on any atom is 0.271 e. The number of aromatic amines is 1. The number of aliphatic hydroxyl groups is 9. The summed E-state index contributed by atoms with van der Waals surface area (Å²) in [5, 5.41) is 121. The number of anilines is 1. The number of nitrogens with one attached hydrogen (secondary N) is 8. The number of aromatic nitrogens is 6. The number of hydrogen-bond donors (Lipinski definition) is 21. The normalized spacial score (nSPS) is 23.9. The highest BCUT2D eigenvalue weighted by Gasteiger charge is 2.53. The summed E-state index contributed by atoms with van der Waals surface area (Å²) < 4.78 is 23.7. The van der Waals surface area contributed by atoms with Gasteiger partial charge in [-0.05, 0) is 46.2 Å². The molecule has 20 atom stereocenters. The van der Waals surface area contributed by atoms with E-state index >= 15 is 4.79 Å². The Balaban J connectivity index is 1.06. The van der Waals surface area contributed by atoms with Crippen LogP contribution in [0.5, 0.6) is 0 Å². The number of primary amides is 2. The van der Waals surface area contributed by atoms with Crippen LogP contribution < -0.4 is 60.2 Å². The molecular weight excluding hydrogens is 1340 g/mol. The second-order valence-electron chi connectivity index (χ2n) is 23.8. The molecule has 37 nitrogen and oxygen atoms in total. The van der Waals surface area contributed by atoms with Crippen LogP contribution in [-0.4, -0.2) is 254 Å². The topological polar surface area (TPSA) is 607 Å². The largest absolute Gasteiger partial charge is 0.394 e. The number of hydrogen-bond acceptors (Lipinski definition) is 31. The van der Waals surface area contributed by atoms with E-state index in [4.69, 9.17) is 41.9 Å². The average Bonchev–Trinajstić information content (AvgIpc) is 1.05. The Morgan fingerprint density at radius 1 is 0.737 bits per heavy atom. The fourth-order valence-corrected chi connectivity index (χ4v) is 12.1. The third kappa shape index (κ3) is 20.7. The Bertz CT molecular complexity index is 3490. The third-order valence-electron chi connectivity index (χ3n) is 16.4. The van der Waals surface area contributed by atoms with Gasteiger partial charge in [-0.3, -0.25) is 33.6 Å². The molecule has 544 valence electrons. The number of nitrogens with zero attached hydrogens (tertiary/aromatic N) is 5. The van der Waals surface area contributed by atoms with Gasteiger partial charge in [0.25, 0.3) is 11.8 Å². The Morgan fingerprint density at radius 3 is 2.07 bits per heavy atom. The molecule has 0 aliphatic carbocycles. The van der Waals surface area contributed by atoms with Gasteiger partial charge in [0, 0.05) is 54.8 Å². The van der Waals surface area contributed by atoms with Gasteiger partial charge >= 0.3 is 0 Å². The summed E-state index contributed by atoms with van der Waals surface area (Å²) in [4.78, 5) is 119. The Kier molecular flexibility index (Phi) is 29.0. The van der Waals surface area contributed by atoms with Crippen LogP contribution in [0.2, 0.25) is 0 Å². The molecule has 5 aromatic rings. The number of carbonyl (C=O) groups excluding carboxylic acids is 7. The minimum Gasteiger partial charge on any atom is -0.394 e. The van der Waals surface area contributed by atoms with E-state index in [0.717, 1.165) is 18.1 Å². The smallest absolute Gasteiger partial charge is 0.271 e. The van der Waals surface area contributed by atoms with E-state index in [0.29, 0.717) is 35.2 Å². The van der Waals surface area contributed by atoms with Gasteiger partial charge in [0.15, 0.2) is 12.6 Å². The van der Waals surface area contributed by atoms with Crippen LogP contribution in [0.1, 0.15) is 107 Å². The van der Waals surface area contributed by atoms with Crippen molar-refractivity contribution in [1.29, 1.82) is 0 Å². The summed E-state index contributed by atoms with van der Waals surface area (Å²) >= 11 is 2.52. The lowest BCUT2D eigenvalue weighted by atomic mass is 9.96. The van der Waals surface area contributed by atoms with Gasteiger partial charge in [-0.2, -0.15) is 0 Å². The monoisotopic (exact) mass is 1430 g/mol. The molecule has 0 radical (unpaired) electrons. The maximum atomic E-state index is 15.2. The quantitative estimate of drug-likeness (QED) is 0.0166. The molecule has 2 fully saturated rings. The van der Waals surface area contributed by atoms with E-state index < -0.39 is 177 Å². The van der Waals surface area contributed by atoms with Crippen molar-refractivity contribution in [2.45, 2.75) is 170 Å². The Hall–Kier alpha value is -7.78. The van der Waals surface area contributed by atoms with E-state index in [1.54, 1.807) is 10.8 Å². The van der Waals surface area contributed by atoms with Crippen molar-refractivity contribution in [3.8, 4) is 10.7 Å². The first-order chi connectivity index (χ1) is 47.0. The minimum atomic E-state index is -2.15. The van der Waals surface area contributed by atoms with Crippen LogP contribution in [0.15, 0.2) is 53.6 Å². The summed E-state index contributed by atoms with van der Waals surface area (Å²) in [6, 6.07) is 2.38. The molecule has 99 heavy (non-hydrogen) atoms. The van der Waals surface area contributed by atoms with Gasteiger partial charge in [-0.25, -0.2) is 24.9 Å². The first-order valence-electron chi connectivity index (χ1n) is 31.5. The number of ether oxygens (including phenoxy) is 4. The van der Waals surface area contributed by atoms with E-state index in [1.165, 1.54) is 50.4 Å². The van der Waals surface area contributed by atoms with Crippen LogP contribution in [0.4, 0.5) is 5.82 Å². The Labute approximate surface area is 574 Å². The molecule has 25 N–H and O–H groups in total. The van der Waals surface area contributed by atoms with Gasteiger partial charge in [0.05, 0.1) is 72.7 Å². The molecule has 0 spiro atoms. The van der Waals surface area contributed by atoms with Crippen molar-refractivity contribution in [1.82, 2.24) is 67.1 Å². The number of nitrogen functional groups attached to an aromatic ring is 1. The number of thiazole rings is 2. The fraction of sp³-hybridized carbons (Fsp3) is 0.567. The number of imidazole rings is 1. The van der Waals surface area contributed by atoms with Gasteiger partial charge < -0.3 is 130 Å². The number of aliphatic hydroxyl groups excluding tert-OH is 9. The second kappa shape index (κ2) is 36.5. The van der Waals surface area contributed by atoms with Crippen molar-refractivity contribution in [3.63, 3.8) is 0 Å². The van der Waals surface area contributed by atoms with Crippen LogP contribution in [-0.2, 0) is 49.3 Å². The number of benzene rings is 1. The van der Waals surface area contributed by atoms with Gasteiger partial charge in [-0.15, -0.1) is 22.7 Å². The lowest BCUT2D eigenvalue weighted by molar-refractivity contribution is -0.372. The SMILES string of the molecule is Cc1c(N)nc(C(CC(N)=O)NCC(N)C(N)=O)nc1C(=O)NC(C(=O)NC(C)C(O)C(C)C(=O)NC(C(=O)NCCc1nc(-c2nc(C(=O)NCCCNC(C)c3ccccc3)cs2)cs1)C(C)O)C(O[C@@H]1O[C@@H](CO)[C@@H](O)[C@H](O)[C@@H]1O[C@H]1O[C@H](CO)[C@@H](O)[C@H](O)[C@@H]1O)c1cnc[nH]1. The molecular formula is C60H87N17O20S2. The fourth-order valence-electron chi connectivity index (χ4n) is 10.4. The summed E-state index contributed by atoms with van der Waals surface area (Å²) in [5.41, 5.74) is 24.1. The number of H-pyrrole nitrogens is 1. The lowest BCUT2D eigenvalue weighted by Gasteiger charge is -2.46. The number of amides is 7. The standard InChI is InChI=1S/C60H87N17O20S2/c1-24-39(74-52(77-50(24)63)31(16-37(62)81)69-17-30(61)51(64)88)56(92)76-41(48(32-18-65-23-70-32)96-60-49(46(86)44(84)36(20-79)95-60)97-59-47(87)45(85)43(83)35(19-78)94-59)57(93)71-27(4)42(82)25(2)53(89)75-40(28(5)80)55(91)68-15-12-38-72-34(22-98-38)58-73-33(21-99-58)54(90)67-14-9-13-66-26(3)29-10-7-6-8-11-29/h6-8,10-11,18,21-23,25-28,30-31,35-36,40-49,59-60,66,69,78-80,82-87H,9,12-17,19-20,61H2,1-5H3,(H2,62,81)(H2,64,88)(H,65,70)(H,67,90)(H,68,91)(H,71,93)(H,75,89)(H,76,92)(H2,63,74,77)/t25?,26?,27?,28?,30?,31?,35-,36+,40?,41?,42?,43-,44-,45+,46+,47+,48?,49+,59-,60+/m1/s1. The van der Waals surface area contributed by atoms with Crippen LogP contribution in [0.3, 0.4) is 0 Å². The van der Waals surface area contributed by atoms with Crippen molar-refractivity contribution >= 4 is 69.8 Å². The molecule has 2 aliphatic rings. The maximum absolute atomic E-state index is 15.2. The highest BCUT2D eigenvalue weighted by Crippen LogP contribution is 2.34. The molecule has 2 saturated heterocycles. The van der Waals surface area contributed by atoms with Gasteiger partial charge in [0.2, 0.25) is 29.5 Å². The highest BCUT2D eigenvalue weighted by atomic mass is 32.1. The van der Waals surface area contributed by atoms with Crippen molar-refractivity contribution < 1.29 is 98.5 Å². The number of nitrogens with two attached hydrogens (primary N) is 4. The predicted molar refractivity (Wildman–Crippen MR) is 349 cm³/mol. The number of carbonyl (C=O) groups is 7. The zero-order valence-electron chi connectivity index (χ0n) is 54.5. The molecule has 1 aromatic carbocycles. The molecule has 0 bridgehead atoms. The average molecular weight is 1430 g/mol. The molecule has 39 heteroatoms. The van der Waals surface area contributed by atoms with Crippen molar-refractivity contribution in [3.05, 3.63) is 92.7 Å². The molecule has 4 aromatic heterocycles. The first-order valence-corrected chi connectivity index (χ1v) is 33.2. The van der Waals surface area contributed by atoms with Crippen molar-refractivity contribution in [2.75, 3.05) is 45.1 Å². The van der Waals surface area contributed by atoms with Crippen molar-refractivity contribution in [2.24, 2.45) is 23.1 Å².